The van der Waals surface area contributed by atoms with Crippen LogP contribution in [0.25, 0.3) is 0 Å². The maximum absolute atomic E-state index is 11.7. The van der Waals surface area contributed by atoms with E-state index in [0.717, 1.165) is 6.07 Å². The van der Waals surface area contributed by atoms with E-state index in [1.807, 2.05) is 0 Å². The molecule has 5 atom stereocenters. The van der Waals surface area contributed by atoms with Gasteiger partial charge in [0.05, 0.1) is 6.10 Å². The molecule has 0 saturated heterocycles. The number of benzene rings is 4. The predicted octanol–water partition coefficient (Wildman–Crippen LogP) is 3.29. The molecule has 0 saturated carbocycles. The third kappa shape index (κ3) is 4.31. The highest BCUT2D eigenvalue weighted by molar-refractivity contribution is 5.64. The highest BCUT2D eigenvalue weighted by atomic mass is 16.5. The molecule has 0 radical (unpaired) electrons. The summed E-state index contributed by atoms with van der Waals surface area (Å²) in [7, 11) is 0. The number of rotatable bonds is 3. The summed E-state index contributed by atoms with van der Waals surface area (Å²) < 4.78 is 12.4. The zero-order chi connectivity index (χ0) is 29.2. The molecular weight excluding hydrogens is 536 g/mol. The first-order valence-electron chi connectivity index (χ1n) is 12.7. The van der Waals surface area contributed by atoms with E-state index < -0.39 is 41.8 Å². The molecule has 2 aliphatic heterocycles. The molecule has 2 heterocycles. The van der Waals surface area contributed by atoms with Crippen LogP contribution in [0.4, 0.5) is 0 Å². The van der Waals surface area contributed by atoms with Crippen LogP contribution in [0.15, 0.2) is 60.7 Å². The second-order valence-corrected chi connectivity index (χ2v) is 10.2. The molecule has 0 fully saturated rings. The van der Waals surface area contributed by atoms with E-state index >= 15 is 0 Å². The molecule has 11 heteroatoms. The Hall–Kier alpha value is -5.00. The lowest BCUT2D eigenvalue weighted by atomic mass is 9.77. The fraction of sp³-hybridized carbons (Fsp3) is 0.200. The summed E-state index contributed by atoms with van der Waals surface area (Å²) in [6.45, 7) is 0. The molecule has 6 rings (SSSR count). The van der Waals surface area contributed by atoms with Gasteiger partial charge < -0.3 is 55.4 Å². The lowest BCUT2D eigenvalue weighted by Crippen LogP contribution is -2.37. The number of hydrogen-bond acceptors (Lipinski definition) is 11. The number of fused-ring (bicyclic) bond motifs is 3. The van der Waals surface area contributed by atoms with Gasteiger partial charge in [-0.2, -0.15) is 0 Å². The Morgan fingerprint density at radius 1 is 0.585 bits per heavy atom. The average molecular weight is 563 g/mol. The van der Waals surface area contributed by atoms with Gasteiger partial charge in [0, 0.05) is 41.2 Å². The number of aliphatic hydroxyl groups is 2. The van der Waals surface area contributed by atoms with Crippen molar-refractivity contribution in [2.45, 2.75) is 36.8 Å². The van der Waals surface area contributed by atoms with Crippen LogP contribution in [0.2, 0.25) is 0 Å². The molecule has 4 aromatic rings. The molecule has 41 heavy (non-hydrogen) atoms. The van der Waals surface area contributed by atoms with Crippen molar-refractivity contribution in [1.29, 1.82) is 0 Å². The van der Waals surface area contributed by atoms with Gasteiger partial charge in [0.15, 0.2) is 29.1 Å². The van der Waals surface area contributed by atoms with Gasteiger partial charge in [-0.3, -0.25) is 0 Å². The second kappa shape index (κ2) is 9.58. The molecular formula is C30H26O11. The monoisotopic (exact) mass is 562 g/mol. The highest BCUT2D eigenvalue weighted by Crippen LogP contribution is 2.56. The van der Waals surface area contributed by atoms with Crippen LogP contribution in [0.3, 0.4) is 0 Å². The van der Waals surface area contributed by atoms with Crippen molar-refractivity contribution in [3.63, 3.8) is 0 Å². The summed E-state index contributed by atoms with van der Waals surface area (Å²) in [5.41, 5.74) is 1.26. The minimum Gasteiger partial charge on any atom is -0.508 e. The molecule has 5 unspecified atom stereocenters. The van der Waals surface area contributed by atoms with E-state index in [9.17, 15) is 46.0 Å². The number of aromatic hydroxyl groups is 7. The van der Waals surface area contributed by atoms with Crippen LogP contribution in [-0.2, 0) is 6.42 Å². The SMILES string of the molecule is Oc1ccc(C2c3c(cc(O)c4c3OC(c3ccc(O)c(O)c3)C(O)C4)OC(c3ccc(O)c(O)c3)C2O)c(O)c1. The van der Waals surface area contributed by atoms with E-state index in [4.69, 9.17) is 9.47 Å². The van der Waals surface area contributed by atoms with Gasteiger partial charge in [-0.25, -0.2) is 0 Å². The fourth-order valence-electron chi connectivity index (χ4n) is 5.60. The molecule has 9 N–H and O–H groups in total. The van der Waals surface area contributed by atoms with E-state index in [1.54, 1.807) is 0 Å². The van der Waals surface area contributed by atoms with Crippen molar-refractivity contribution in [3.05, 3.63) is 88.5 Å². The summed E-state index contributed by atoms with van der Waals surface area (Å²) in [4.78, 5) is 0. The average Bonchev–Trinajstić information content (AvgIpc) is 2.92. The van der Waals surface area contributed by atoms with Crippen molar-refractivity contribution < 1.29 is 55.4 Å². The second-order valence-electron chi connectivity index (χ2n) is 10.2. The maximum atomic E-state index is 11.7. The Morgan fingerprint density at radius 2 is 1.22 bits per heavy atom. The minimum atomic E-state index is -1.43. The van der Waals surface area contributed by atoms with Crippen LogP contribution in [0.1, 0.15) is 45.9 Å². The number of hydrogen-bond donors (Lipinski definition) is 9. The smallest absolute Gasteiger partial charge is 0.157 e. The molecule has 11 nitrogen and oxygen atoms in total. The van der Waals surface area contributed by atoms with E-state index in [0.29, 0.717) is 5.56 Å². The van der Waals surface area contributed by atoms with Gasteiger partial charge >= 0.3 is 0 Å². The minimum absolute atomic E-state index is 0.0743. The summed E-state index contributed by atoms with van der Waals surface area (Å²) in [6, 6.07) is 13.0. The first kappa shape index (κ1) is 26.2. The third-order valence-corrected chi connectivity index (χ3v) is 7.59. The Balaban J connectivity index is 1.55. The Morgan fingerprint density at radius 3 is 1.83 bits per heavy atom. The predicted molar refractivity (Wildman–Crippen MR) is 142 cm³/mol. The largest absolute Gasteiger partial charge is 0.508 e. The number of ether oxygens (including phenoxy) is 2. The molecule has 0 bridgehead atoms. The molecule has 2 aliphatic rings. The number of phenolic OH excluding ortho intramolecular Hbond substituents is 7. The Bertz CT molecular complexity index is 1670. The first-order valence-corrected chi connectivity index (χ1v) is 12.7. The van der Waals surface area contributed by atoms with Crippen molar-refractivity contribution in [1.82, 2.24) is 0 Å². The highest BCUT2D eigenvalue weighted by Gasteiger charge is 2.45. The van der Waals surface area contributed by atoms with Crippen LogP contribution >= 0.6 is 0 Å². The van der Waals surface area contributed by atoms with E-state index in [-0.39, 0.29) is 68.9 Å². The number of phenols is 7. The number of aliphatic hydroxyl groups excluding tert-OH is 2. The molecule has 212 valence electrons. The van der Waals surface area contributed by atoms with Gasteiger partial charge in [0.2, 0.25) is 0 Å². The molecule has 4 aromatic carbocycles. The molecule has 0 spiro atoms. The summed E-state index contributed by atoms with van der Waals surface area (Å²) in [6.07, 6.45) is -4.89. The summed E-state index contributed by atoms with van der Waals surface area (Å²) in [5.74, 6) is -3.35. The standard InChI is InChI=1S/C30H26O11/c31-14-3-4-15(19(34)9-14)25-26-24(40-29(27(25)39)13-2-6-18(33)22(37)8-13)11-20(35)16-10-23(38)28(41-30(16)26)12-1-5-17(32)21(36)7-12/h1-9,11,23,25,27-29,31-39H,10H2. The molecule has 0 aliphatic carbocycles. The van der Waals surface area contributed by atoms with Gasteiger partial charge in [-0.1, -0.05) is 18.2 Å². The lowest BCUT2D eigenvalue weighted by molar-refractivity contribution is -0.00244. The third-order valence-electron chi connectivity index (χ3n) is 7.59. The molecule has 0 aromatic heterocycles. The van der Waals surface area contributed by atoms with Gasteiger partial charge in [0.25, 0.3) is 0 Å². The van der Waals surface area contributed by atoms with Crippen LogP contribution < -0.4 is 9.47 Å². The summed E-state index contributed by atoms with van der Waals surface area (Å²) in [5, 5.41) is 94.1. The van der Waals surface area contributed by atoms with Crippen molar-refractivity contribution in [3.8, 4) is 51.7 Å². The fourth-order valence-corrected chi connectivity index (χ4v) is 5.60. The van der Waals surface area contributed by atoms with Crippen LogP contribution in [0, 0.1) is 0 Å². The van der Waals surface area contributed by atoms with E-state index in [2.05, 4.69) is 0 Å². The van der Waals surface area contributed by atoms with Crippen LogP contribution in [0.5, 0.6) is 51.7 Å². The summed E-state index contributed by atoms with van der Waals surface area (Å²) >= 11 is 0. The normalized spacial score (nSPS) is 23.1. The van der Waals surface area contributed by atoms with Crippen molar-refractivity contribution >= 4 is 0 Å². The van der Waals surface area contributed by atoms with Crippen molar-refractivity contribution in [2.24, 2.45) is 0 Å². The van der Waals surface area contributed by atoms with Crippen LogP contribution in [-0.4, -0.2) is 58.2 Å². The topological polar surface area (TPSA) is 201 Å². The quantitative estimate of drug-likeness (QED) is 0.166. The zero-order valence-electron chi connectivity index (χ0n) is 21.2. The zero-order valence-corrected chi connectivity index (χ0v) is 21.2. The maximum Gasteiger partial charge on any atom is 0.157 e. The lowest BCUT2D eigenvalue weighted by Gasteiger charge is -2.41. The first-order chi connectivity index (χ1) is 19.5. The Kier molecular flexibility index (Phi) is 6.13. The molecule has 0 amide bonds. The van der Waals surface area contributed by atoms with Gasteiger partial charge in [-0.15, -0.1) is 0 Å². The van der Waals surface area contributed by atoms with Gasteiger partial charge in [0.1, 0.15) is 41.0 Å². The van der Waals surface area contributed by atoms with Gasteiger partial charge in [-0.05, 0) is 41.5 Å². The Labute approximate surface area is 232 Å². The van der Waals surface area contributed by atoms with Crippen molar-refractivity contribution in [2.75, 3.05) is 0 Å². The van der Waals surface area contributed by atoms with E-state index in [1.165, 1.54) is 54.6 Å².